The SMILES string of the molecule is CCC(NC(=O)Cc1coc2cc(C)c(C)cc12)c1ccc(C)cc1. The van der Waals surface area contributed by atoms with Crippen LogP contribution in [0.15, 0.2) is 47.1 Å². The molecule has 3 heteroatoms. The summed E-state index contributed by atoms with van der Waals surface area (Å²) in [6.45, 7) is 8.30. The number of benzene rings is 2. The Bertz CT molecular complexity index is 890. The highest BCUT2D eigenvalue weighted by Gasteiger charge is 2.16. The van der Waals surface area contributed by atoms with E-state index in [0.29, 0.717) is 6.42 Å². The van der Waals surface area contributed by atoms with E-state index in [9.17, 15) is 4.79 Å². The van der Waals surface area contributed by atoms with Crippen molar-refractivity contribution in [2.45, 2.75) is 46.6 Å². The molecule has 0 bridgehead atoms. The van der Waals surface area contributed by atoms with Gasteiger partial charge >= 0.3 is 0 Å². The third kappa shape index (κ3) is 3.76. The van der Waals surface area contributed by atoms with E-state index in [0.717, 1.165) is 28.5 Å². The van der Waals surface area contributed by atoms with Crippen LogP contribution in [0.5, 0.6) is 0 Å². The van der Waals surface area contributed by atoms with E-state index in [1.807, 2.05) is 6.07 Å². The topological polar surface area (TPSA) is 42.2 Å². The molecule has 2 aromatic carbocycles. The highest BCUT2D eigenvalue weighted by atomic mass is 16.3. The number of fused-ring (bicyclic) bond motifs is 1. The first kappa shape index (κ1) is 17.3. The summed E-state index contributed by atoms with van der Waals surface area (Å²) in [5.74, 6) is 0.0216. The van der Waals surface area contributed by atoms with Gasteiger partial charge in [-0.25, -0.2) is 0 Å². The molecule has 0 aliphatic heterocycles. The summed E-state index contributed by atoms with van der Waals surface area (Å²) in [5.41, 5.74) is 6.56. The zero-order valence-electron chi connectivity index (χ0n) is 15.3. The molecule has 1 aromatic heterocycles. The van der Waals surface area contributed by atoms with Crippen LogP contribution in [-0.2, 0) is 11.2 Å². The Labute approximate surface area is 149 Å². The molecule has 1 amide bonds. The maximum Gasteiger partial charge on any atom is 0.225 e. The van der Waals surface area contributed by atoms with Crippen LogP contribution >= 0.6 is 0 Å². The minimum Gasteiger partial charge on any atom is -0.464 e. The van der Waals surface area contributed by atoms with Gasteiger partial charge in [-0.05, 0) is 56.0 Å². The third-order valence-corrected chi connectivity index (χ3v) is 4.84. The average Bonchev–Trinajstić information content (AvgIpc) is 2.96. The lowest BCUT2D eigenvalue weighted by atomic mass is 10.0. The van der Waals surface area contributed by atoms with E-state index in [-0.39, 0.29) is 11.9 Å². The zero-order valence-corrected chi connectivity index (χ0v) is 15.3. The molecule has 0 saturated heterocycles. The molecule has 1 atom stereocenters. The highest BCUT2D eigenvalue weighted by Crippen LogP contribution is 2.25. The Morgan fingerprint density at radius 1 is 1.08 bits per heavy atom. The lowest BCUT2D eigenvalue weighted by molar-refractivity contribution is -0.121. The third-order valence-electron chi connectivity index (χ3n) is 4.84. The molecular formula is C22H25NO2. The van der Waals surface area contributed by atoms with Crippen LogP contribution in [0.25, 0.3) is 11.0 Å². The maximum absolute atomic E-state index is 12.6. The first-order chi connectivity index (χ1) is 12.0. The second-order valence-corrected chi connectivity index (χ2v) is 6.81. The van der Waals surface area contributed by atoms with Gasteiger partial charge in [0.1, 0.15) is 5.58 Å². The molecule has 0 aliphatic carbocycles. The fourth-order valence-electron chi connectivity index (χ4n) is 3.11. The summed E-state index contributed by atoms with van der Waals surface area (Å²) in [5, 5.41) is 4.18. The Balaban J connectivity index is 1.75. The summed E-state index contributed by atoms with van der Waals surface area (Å²) in [7, 11) is 0. The van der Waals surface area contributed by atoms with E-state index in [1.165, 1.54) is 16.7 Å². The van der Waals surface area contributed by atoms with Crippen molar-refractivity contribution in [2.75, 3.05) is 0 Å². The summed E-state index contributed by atoms with van der Waals surface area (Å²) in [6, 6.07) is 12.5. The van der Waals surface area contributed by atoms with Gasteiger partial charge in [0.15, 0.2) is 0 Å². The second kappa shape index (κ2) is 7.14. The number of amides is 1. The summed E-state index contributed by atoms with van der Waals surface area (Å²) in [6.07, 6.45) is 2.90. The number of nitrogens with one attached hydrogen (secondary N) is 1. The molecule has 1 unspecified atom stereocenters. The van der Waals surface area contributed by atoms with Crippen molar-refractivity contribution in [1.29, 1.82) is 0 Å². The lowest BCUT2D eigenvalue weighted by Crippen LogP contribution is -2.29. The summed E-state index contributed by atoms with van der Waals surface area (Å²) >= 11 is 0. The number of furan rings is 1. The van der Waals surface area contributed by atoms with Crippen LogP contribution in [0.3, 0.4) is 0 Å². The van der Waals surface area contributed by atoms with E-state index in [4.69, 9.17) is 4.42 Å². The molecule has 3 nitrogen and oxygen atoms in total. The van der Waals surface area contributed by atoms with Crippen molar-refractivity contribution in [2.24, 2.45) is 0 Å². The van der Waals surface area contributed by atoms with E-state index in [1.54, 1.807) is 6.26 Å². The van der Waals surface area contributed by atoms with Gasteiger partial charge in [-0.2, -0.15) is 0 Å². The summed E-state index contributed by atoms with van der Waals surface area (Å²) < 4.78 is 5.63. The maximum atomic E-state index is 12.6. The molecule has 25 heavy (non-hydrogen) atoms. The van der Waals surface area contributed by atoms with Crippen LogP contribution < -0.4 is 5.32 Å². The highest BCUT2D eigenvalue weighted by molar-refractivity contribution is 5.88. The molecule has 0 aliphatic rings. The van der Waals surface area contributed by atoms with E-state index < -0.39 is 0 Å². The van der Waals surface area contributed by atoms with Gasteiger partial charge in [0.2, 0.25) is 5.91 Å². The number of rotatable bonds is 5. The second-order valence-electron chi connectivity index (χ2n) is 6.81. The Kier molecular flexibility index (Phi) is 4.93. The molecule has 1 heterocycles. The monoisotopic (exact) mass is 335 g/mol. The van der Waals surface area contributed by atoms with Crippen LogP contribution in [0.4, 0.5) is 0 Å². The van der Waals surface area contributed by atoms with Crippen molar-refractivity contribution in [3.8, 4) is 0 Å². The van der Waals surface area contributed by atoms with Gasteiger partial charge in [-0.3, -0.25) is 4.79 Å². The van der Waals surface area contributed by atoms with Crippen LogP contribution in [0, 0.1) is 20.8 Å². The molecule has 3 rings (SSSR count). The Morgan fingerprint density at radius 3 is 2.44 bits per heavy atom. The quantitative estimate of drug-likeness (QED) is 0.699. The van der Waals surface area contributed by atoms with Gasteiger partial charge in [-0.1, -0.05) is 36.8 Å². The number of aryl methyl sites for hydroxylation is 3. The standard InChI is InChI=1S/C22H25NO2/c1-5-20(17-8-6-14(2)7-9-17)23-22(24)12-18-13-25-21-11-16(4)15(3)10-19(18)21/h6-11,13,20H,5,12H2,1-4H3,(H,23,24). The molecule has 0 spiro atoms. The van der Waals surface area contributed by atoms with Crippen LogP contribution in [0.2, 0.25) is 0 Å². The minimum absolute atomic E-state index is 0.0216. The van der Waals surface area contributed by atoms with Gasteiger partial charge in [0.25, 0.3) is 0 Å². The molecule has 0 saturated carbocycles. The van der Waals surface area contributed by atoms with Crippen LogP contribution in [0.1, 0.15) is 47.2 Å². The minimum atomic E-state index is 0.0216. The predicted octanol–water partition coefficient (Wildman–Crippen LogP) is 5.17. The van der Waals surface area contributed by atoms with Gasteiger partial charge in [-0.15, -0.1) is 0 Å². The lowest BCUT2D eigenvalue weighted by Gasteiger charge is -2.17. The first-order valence-corrected chi connectivity index (χ1v) is 8.81. The number of carbonyl (C=O) groups excluding carboxylic acids is 1. The van der Waals surface area contributed by atoms with Gasteiger partial charge in [0, 0.05) is 10.9 Å². The Hall–Kier alpha value is -2.55. The Morgan fingerprint density at radius 2 is 1.76 bits per heavy atom. The van der Waals surface area contributed by atoms with E-state index in [2.05, 4.69) is 63.3 Å². The van der Waals surface area contributed by atoms with Crippen molar-refractivity contribution in [1.82, 2.24) is 5.32 Å². The normalized spacial score (nSPS) is 12.3. The fraction of sp³-hybridized carbons (Fsp3) is 0.318. The number of carbonyl (C=O) groups is 1. The van der Waals surface area contributed by atoms with Gasteiger partial charge < -0.3 is 9.73 Å². The van der Waals surface area contributed by atoms with Crippen molar-refractivity contribution in [3.63, 3.8) is 0 Å². The van der Waals surface area contributed by atoms with Crippen molar-refractivity contribution >= 4 is 16.9 Å². The molecule has 0 fully saturated rings. The first-order valence-electron chi connectivity index (χ1n) is 8.81. The largest absolute Gasteiger partial charge is 0.464 e. The molecular weight excluding hydrogens is 310 g/mol. The number of hydrogen-bond donors (Lipinski definition) is 1. The molecule has 1 N–H and O–H groups in total. The van der Waals surface area contributed by atoms with Crippen molar-refractivity contribution in [3.05, 3.63) is 70.5 Å². The number of hydrogen-bond acceptors (Lipinski definition) is 2. The van der Waals surface area contributed by atoms with Crippen molar-refractivity contribution < 1.29 is 9.21 Å². The van der Waals surface area contributed by atoms with Crippen LogP contribution in [-0.4, -0.2) is 5.91 Å². The molecule has 3 aromatic rings. The molecule has 130 valence electrons. The zero-order chi connectivity index (χ0) is 18.0. The van der Waals surface area contributed by atoms with Gasteiger partial charge in [0.05, 0.1) is 18.7 Å². The smallest absolute Gasteiger partial charge is 0.225 e. The average molecular weight is 335 g/mol. The fourth-order valence-corrected chi connectivity index (χ4v) is 3.11. The van der Waals surface area contributed by atoms with E-state index >= 15 is 0 Å². The predicted molar refractivity (Wildman–Crippen MR) is 102 cm³/mol. The summed E-state index contributed by atoms with van der Waals surface area (Å²) in [4.78, 5) is 12.6. The molecule has 0 radical (unpaired) electrons.